The van der Waals surface area contributed by atoms with E-state index in [1.54, 1.807) is 25.1 Å². The van der Waals surface area contributed by atoms with Crippen LogP contribution in [0.2, 0.25) is 0 Å². The Hall–Kier alpha value is -4.61. The molecule has 2 aromatic rings. The van der Waals surface area contributed by atoms with E-state index in [0.717, 1.165) is 0 Å². The molecule has 1 aromatic carbocycles. The van der Waals surface area contributed by atoms with Gasteiger partial charge in [-0.05, 0) is 84.1 Å². The molecular weight excluding hydrogens is 784 g/mol. The average molecular weight is 836 g/mol. The number of hydrogen-bond donors (Lipinski definition) is 3. The first-order valence-electron chi connectivity index (χ1n) is 19.7. The summed E-state index contributed by atoms with van der Waals surface area (Å²) in [5.41, 5.74) is -4.51. The zero-order valence-electron chi connectivity index (χ0n) is 33.4. The number of carbonyl (C=O) groups excluding carboxylic acids is 4. The van der Waals surface area contributed by atoms with Gasteiger partial charge in [0.1, 0.15) is 29.5 Å². The Balaban J connectivity index is 1.35. The number of ether oxygens (including phenoxy) is 3. The first kappa shape index (κ1) is 43.0. The minimum absolute atomic E-state index is 0.0346. The molecule has 1 saturated heterocycles. The highest BCUT2D eigenvalue weighted by molar-refractivity contribution is 7.91. The van der Waals surface area contributed by atoms with E-state index < -0.39 is 86.4 Å². The zero-order chi connectivity index (χ0) is 42.4. The van der Waals surface area contributed by atoms with Crippen molar-refractivity contribution in [3.8, 4) is 11.6 Å². The van der Waals surface area contributed by atoms with Crippen LogP contribution in [0.1, 0.15) is 86.5 Å². The van der Waals surface area contributed by atoms with Crippen LogP contribution in [0.15, 0.2) is 42.6 Å². The number of pyridine rings is 1. The van der Waals surface area contributed by atoms with E-state index in [9.17, 15) is 40.8 Å². The van der Waals surface area contributed by atoms with Crippen LogP contribution < -0.4 is 24.8 Å². The van der Waals surface area contributed by atoms with Crippen molar-refractivity contribution in [1.29, 1.82) is 0 Å². The molecule has 2 aliphatic heterocycles. The molecular formula is C40H52F3N5O9S. The third-order valence-electron chi connectivity index (χ3n) is 11.3. The van der Waals surface area contributed by atoms with E-state index >= 15 is 0 Å². The summed E-state index contributed by atoms with van der Waals surface area (Å²) < 4.78 is 86.3. The molecule has 3 N–H and O–H groups in total. The minimum atomic E-state index is -4.91. The molecule has 3 fully saturated rings. The summed E-state index contributed by atoms with van der Waals surface area (Å²) in [7, 11) is -3.98. The van der Waals surface area contributed by atoms with Crippen molar-refractivity contribution in [2.75, 3.05) is 6.54 Å². The molecule has 0 unspecified atom stereocenters. The number of alkyl carbamates (subject to hydrolysis) is 1. The number of halogens is 3. The maximum Gasteiger partial charge on any atom is 0.427 e. The number of benzene rings is 1. The Morgan fingerprint density at radius 1 is 1.05 bits per heavy atom. The van der Waals surface area contributed by atoms with E-state index in [1.165, 1.54) is 11.1 Å². The predicted octanol–water partition coefficient (Wildman–Crippen LogP) is 5.30. The van der Waals surface area contributed by atoms with Crippen molar-refractivity contribution in [3.63, 3.8) is 0 Å². The van der Waals surface area contributed by atoms with E-state index in [0.29, 0.717) is 62.5 Å². The van der Waals surface area contributed by atoms with Crippen LogP contribution >= 0.6 is 0 Å². The zero-order valence-corrected chi connectivity index (χ0v) is 34.2. The van der Waals surface area contributed by atoms with Crippen LogP contribution in [-0.4, -0.2) is 95.5 Å². The molecule has 0 bridgehead atoms. The summed E-state index contributed by atoms with van der Waals surface area (Å²) in [5, 5.41) is 5.78. The third-order valence-corrected chi connectivity index (χ3v) is 13.1. The van der Waals surface area contributed by atoms with Gasteiger partial charge in [-0.15, -0.1) is 0 Å². The second-order valence-corrected chi connectivity index (χ2v) is 18.9. The summed E-state index contributed by atoms with van der Waals surface area (Å²) in [5.74, 6) is -2.94. The number of alkyl halides is 3. The lowest BCUT2D eigenvalue weighted by Crippen LogP contribution is -2.59. The van der Waals surface area contributed by atoms with Crippen LogP contribution in [0, 0.1) is 17.8 Å². The molecule has 318 valence electrons. The highest BCUT2D eigenvalue weighted by Crippen LogP contribution is 2.46. The highest BCUT2D eigenvalue weighted by atomic mass is 32.2. The van der Waals surface area contributed by atoms with Crippen molar-refractivity contribution in [2.45, 2.75) is 133 Å². The molecule has 18 heteroatoms. The molecule has 6 rings (SSSR count). The normalized spacial score (nSPS) is 29.0. The summed E-state index contributed by atoms with van der Waals surface area (Å²) in [6, 6.07) is 4.49. The number of nitrogens with one attached hydrogen (secondary N) is 3. The fourth-order valence-electron chi connectivity index (χ4n) is 7.68. The fourth-order valence-corrected chi connectivity index (χ4v) is 9.05. The molecule has 3 heterocycles. The maximum atomic E-state index is 14.8. The van der Waals surface area contributed by atoms with Gasteiger partial charge in [-0.2, -0.15) is 13.2 Å². The van der Waals surface area contributed by atoms with Gasteiger partial charge in [0.25, 0.3) is 5.91 Å². The lowest BCUT2D eigenvalue weighted by atomic mass is 9.88. The van der Waals surface area contributed by atoms with Crippen molar-refractivity contribution in [2.24, 2.45) is 17.8 Å². The smallest absolute Gasteiger partial charge is 0.427 e. The van der Waals surface area contributed by atoms with Crippen molar-refractivity contribution < 1.29 is 55.0 Å². The maximum absolute atomic E-state index is 14.8. The highest BCUT2D eigenvalue weighted by Gasteiger charge is 2.62. The molecule has 14 nitrogen and oxygen atoms in total. The molecule has 1 aromatic heterocycles. The monoisotopic (exact) mass is 835 g/mol. The van der Waals surface area contributed by atoms with Crippen molar-refractivity contribution in [1.82, 2.24) is 25.2 Å². The molecule has 2 aliphatic carbocycles. The molecule has 0 radical (unpaired) electrons. The average Bonchev–Trinajstić information content (AvgIpc) is 4.05. The number of hydrogen-bond acceptors (Lipinski definition) is 10. The summed E-state index contributed by atoms with van der Waals surface area (Å²) in [4.78, 5) is 61.8. The lowest BCUT2D eigenvalue weighted by molar-refractivity contribution is -0.244. The SMILES string of the molecule is CC(C)Oc1cnc(O[C@@H]2C[C@H]3C(=O)N[C@]4(C(=O)NS(=O)(=O)C5CC5)C[C@@H]4/C=C\CC[C@H](C)C[C@@H](C)[C@H](NC(=O)OC(C)(C)C(F)(F)F)C(=O)N3C2)c2ccccc12. The van der Waals surface area contributed by atoms with Gasteiger partial charge in [-0.25, -0.2) is 18.2 Å². The van der Waals surface area contributed by atoms with E-state index in [1.807, 2.05) is 39.0 Å². The first-order valence-corrected chi connectivity index (χ1v) is 21.3. The Morgan fingerprint density at radius 3 is 2.40 bits per heavy atom. The molecule has 4 amide bonds. The molecule has 0 spiro atoms. The van der Waals surface area contributed by atoms with Gasteiger partial charge in [-0.3, -0.25) is 19.1 Å². The van der Waals surface area contributed by atoms with Crippen LogP contribution in [0.4, 0.5) is 18.0 Å². The third kappa shape index (κ3) is 9.31. The number of sulfonamides is 1. The standard InChI is InChI=1S/C40H52F3N5O9S/c1-22(2)55-31-20-44-34(29-14-10-9-13-28(29)31)56-26-18-30-33(49)46-39(36(51)47-58(53,54)27-15-16-27)19-25(39)12-8-7-11-23(3)17-24(4)32(35(50)48(30)21-26)45-37(52)57-38(5,6)40(41,42)43/h8-10,12-14,20,22-27,30,32H,7,11,15-19,21H2,1-6H3,(H,45,52)(H,46,49)(H,47,51)/b12-8-/t23-,24+,25-,26+,30-,32-,39+/m0/s1. The topological polar surface area (TPSA) is 182 Å². The quantitative estimate of drug-likeness (QED) is 0.281. The second-order valence-electron chi connectivity index (χ2n) is 16.9. The number of fused-ring (bicyclic) bond motifs is 3. The number of allylic oxidation sites excluding steroid dienone is 1. The van der Waals surface area contributed by atoms with E-state index in [-0.39, 0.29) is 37.3 Å². The van der Waals surface area contributed by atoms with Crippen LogP contribution in [-0.2, 0) is 29.1 Å². The Labute approximate surface area is 336 Å². The van der Waals surface area contributed by atoms with Gasteiger partial charge in [0.05, 0.1) is 24.1 Å². The number of rotatable bonds is 9. The fraction of sp³-hybridized carbons (Fsp3) is 0.625. The predicted molar refractivity (Wildman–Crippen MR) is 206 cm³/mol. The van der Waals surface area contributed by atoms with Crippen LogP contribution in [0.5, 0.6) is 11.6 Å². The largest absolute Gasteiger partial charge is 0.489 e. The number of nitrogens with zero attached hydrogens (tertiary/aromatic N) is 2. The van der Waals surface area contributed by atoms with Crippen molar-refractivity contribution >= 4 is 44.6 Å². The van der Waals surface area contributed by atoms with Crippen LogP contribution in [0.3, 0.4) is 0 Å². The van der Waals surface area contributed by atoms with Gasteiger partial charge in [-0.1, -0.05) is 44.2 Å². The van der Waals surface area contributed by atoms with Gasteiger partial charge < -0.3 is 29.7 Å². The Bertz CT molecular complexity index is 2060. The summed E-state index contributed by atoms with van der Waals surface area (Å²) in [6.07, 6.45) is 0.120. The van der Waals surface area contributed by atoms with Gasteiger partial charge in [0, 0.05) is 23.1 Å². The summed E-state index contributed by atoms with van der Waals surface area (Å²) >= 11 is 0. The van der Waals surface area contributed by atoms with E-state index in [2.05, 4.69) is 20.3 Å². The second kappa shape index (κ2) is 16.2. The number of aromatic nitrogens is 1. The van der Waals surface area contributed by atoms with Gasteiger partial charge >= 0.3 is 12.3 Å². The van der Waals surface area contributed by atoms with E-state index in [4.69, 9.17) is 14.2 Å². The molecule has 2 saturated carbocycles. The number of carbonyl (C=O) groups is 4. The first-order chi connectivity index (χ1) is 27.1. The molecule has 4 aliphatic rings. The minimum Gasteiger partial charge on any atom is -0.489 e. The lowest BCUT2D eigenvalue weighted by Gasteiger charge is -2.34. The summed E-state index contributed by atoms with van der Waals surface area (Å²) in [6.45, 7) is 8.56. The molecule has 7 atom stereocenters. The van der Waals surface area contributed by atoms with Crippen LogP contribution in [0.25, 0.3) is 10.8 Å². The Morgan fingerprint density at radius 2 is 1.74 bits per heavy atom. The van der Waals surface area contributed by atoms with Crippen molar-refractivity contribution in [3.05, 3.63) is 42.6 Å². The number of amides is 4. The van der Waals surface area contributed by atoms with Gasteiger partial charge in [0.15, 0.2) is 0 Å². The molecule has 58 heavy (non-hydrogen) atoms. The Kier molecular flexibility index (Phi) is 12.0. The van der Waals surface area contributed by atoms with Gasteiger partial charge in [0.2, 0.25) is 33.3 Å².